The van der Waals surface area contributed by atoms with Crippen LogP contribution in [-0.4, -0.2) is 23.4 Å². The van der Waals surface area contributed by atoms with Crippen molar-refractivity contribution < 1.29 is 23.8 Å². The van der Waals surface area contributed by atoms with Gasteiger partial charge in [-0.1, -0.05) is 6.92 Å². The van der Waals surface area contributed by atoms with Gasteiger partial charge in [0, 0.05) is 12.8 Å². The Morgan fingerprint density at radius 3 is 2.54 bits per heavy atom. The van der Waals surface area contributed by atoms with E-state index in [1.165, 1.54) is 0 Å². The lowest BCUT2D eigenvalue weighted by atomic mass is 10.3. The Labute approximate surface area is 75.7 Å². The fourth-order valence-electron chi connectivity index (χ4n) is 0.702. The van der Waals surface area contributed by atoms with E-state index in [1.54, 1.807) is 6.92 Å². The van der Waals surface area contributed by atoms with Crippen LogP contribution in [0.1, 0.15) is 32.6 Å². The number of esters is 1. The zero-order chi connectivity index (χ0) is 10.3. The number of alkyl halides is 1. The Morgan fingerprint density at radius 2 is 2.08 bits per heavy atom. The van der Waals surface area contributed by atoms with Crippen molar-refractivity contribution in [2.75, 3.05) is 0 Å². The lowest BCUT2D eigenvalue weighted by Crippen LogP contribution is -2.14. The minimum absolute atomic E-state index is 0.160. The maximum atomic E-state index is 12.6. The first-order chi connectivity index (χ1) is 6.06. The highest BCUT2D eigenvalue weighted by Crippen LogP contribution is 2.05. The number of hydrogen-bond acceptors (Lipinski definition) is 3. The van der Waals surface area contributed by atoms with Gasteiger partial charge in [0.05, 0.1) is 6.42 Å². The van der Waals surface area contributed by atoms with Crippen LogP contribution in [0.3, 0.4) is 0 Å². The minimum atomic E-state index is -1.80. The van der Waals surface area contributed by atoms with Crippen molar-refractivity contribution >= 4 is 11.9 Å². The van der Waals surface area contributed by atoms with Crippen molar-refractivity contribution in [1.29, 1.82) is 0 Å². The number of ether oxygens (including phenoxy) is 1. The predicted molar refractivity (Wildman–Crippen MR) is 42.8 cm³/mol. The highest BCUT2D eigenvalue weighted by atomic mass is 19.1. The van der Waals surface area contributed by atoms with Gasteiger partial charge in [-0.25, -0.2) is 4.39 Å². The van der Waals surface area contributed by atoms with Crippen LogP contribution in [0.5, 0.6) is 0 Å². The number of carbonyl (C=O) groups excluding carboxylic acids is 1. The Morgan fingerprint density at radius 1 is 1.46 bits per heavy atom. The lowest BCUT2D eigenvalue weighted by Gasteiger charge is -2.07. The molecule has 4 nitrogen and oxygen atoms in total. The summed E-state index contributed by atoms with van der Waals surface area (Å²) < 4.78 is 16.9. The summed E-state index contributed by atoms with van der Waals surface area (Å²) in [5.41, 5.74) is 0. The fourth-order valence-corrected chi connectivity index (χ4v) is 0.702. The van der Waals surface area contributed by atoms with E-state index in [1.807, 2.05) is 0 Å². The van der Waals surface area contributed by atoms with Crippen LogP contribution in [0.15, 0.2) is 0 Å². The van der Waals surface area contributed by atoms with Crippen molar-refractivity contribution in [3.05, 3.63) is 0 Å². The number of rotatable bonds is 6. The second kappa shape index (κ2) is 6.39. The van der Waals surface area contributed by atoms with E-state index in [0.29, 0.717) is 6.42 Å². The lowest BCUT2D eigenvalue weighted by molar-refractivity contribution is -0.160. The number of carboxylic acids is 1. The highest BCUT2D eigenvalue weighted by molar-refractivity contribution is 5.69. The highest BCUT2D eigenvalue weighted by Gasteiger charge is 2.13. The molecule has 76 valence electrons. The largest absolute Gasteiger partial charge is 0.481 e. The molecule has 1 N–H and O–H groups in total. The first-order valence-electron chi connectivity index (χ1n) is 4.11. The van der Waals surface area contributed by atoms with Gasteiger partial charge in [-0.15, -0.1) is 0 Å². The zero-order valence-corrected chi connectivity index (χ0v) is 7.46. The maximum Gasteiger partial charge on any atom is 0.308 e. The Kier molecular flexibility index (Phi) is 5.84. The summed E-state index contributed by atoms with van der Waals surface area (Å²) in [6, 6.07) is 0. The smallest absolute Gasteiger partial charge is 0.308 e. The number of aliphatic carboxylic acids is 1. The molecule has 0 aliphatic heterocycles. The van der Waals surface area contributed by atoms with Gasteiger partial charge < -0.3 is 9.84 Å². The molecule has 0 aliphatic carbocycles. The molecule has 1 unspecified atom stereocenters. The molecule has 0 fully saturated rings. The van der Waals surface area contributed by atoms with E-state index in [-0.39, 0.29) is 19.3 Å². The monoisotopic (exact) mass is 192 g/mol. The third-order valence-electron chi connectivity index (χ3n) is 1.30. The molecule has 0 aromatic heterocycles. The van der Waals surface area contributed by atoms with E-state index in [0.717, 1.165) is 0 Å². The van der Waals surface area contributed by atoms with Crippen LogP contribution in [0.25, 0.3) is 0 Å². The van der Waals surface area contributed by atoms with E-state index in [2.05, 4.69) is 4.74 Å². The van der Waals surface area contributed by atoms with Crippen molar-refractivity contribution in [2.45, 2.75) is 39.0 Å². The molecular weight excluding hydrogens is 179 g/mol. The second-order valence-electron chi connectivity index (χ2n) is 2.58. The number of carboxylic acid groups (broad SMARTS) is 1. The van der Waals surface area contributed by atoms with Gasteiger partial charge >= 0.3 is 11.9 Å². The minimum Gasteiger partial charge on any atom is -0.481 e. The summed E-state index contributed by atoms with van der Waals surface area (Å²) in [6.07, 6.45) is -1.67. The molecule has 0 aliphatic rings. The fraction of sp³-hybridized carbons (Fsp3) is 0.750. The third kappa shape index (κ3) is 7.24. The van der Waals surface area contributed by atoms with Crippen LogP contribution in [0, 0.1) is 0 Å². The molecule has 0 radical (unpaired) electrons. The van der Waals surface area contributed by atoms with Crippen molar-refractivity contribution in [2.24, 2.45) is 0 Å². The molecule has 0 amide bonds. The summed E-state index contributed by atoms with van der Waals surface area (Å²) in [7, 11) is 0. The number of carbonyl (C=O) groups is 2. The summed E-state index contributed by atoms with van der Waals surface area (Å²) in [4.78, 5) is 20.7. The van der Waals surface area contributed by atoms with Gasteiger partial charge in [0.15, 0.2) is 0 Å². The van der Waals surface area contributed by atoms with Crippen LogP contribution in [0.4, 0.5) is 4.39 Å². The van der Waals surface area contributed by atoms with Crippen LogP contribution in [-0.2, 0) is 14.3 Å². The molecule has 0 aromatic carbocycles. The number of halogens is 1. The molecule has 0 spiro atoms. The van der Waals surface area contributed by atoms with Crippen LogP contribution >= 0.6 is 0 Å². The van der Waals surface area contributed by atoms with Gasteiger partial charge in [-0.05, 0) is 6.42 Å². The normalized spacial score (nSPS) is 12.2. The molecule has 0 aromatic rings. The SMILES string of the molecule is CCCC(=O)OC(F)CCC(=O)O. The molecule has 0 rings (SSSR count). The first-order valence-corrected chi connectivity index (χ1v) is 4.11. The quantitative estimate of drug-likeness (QED) is 0.647. The second-order valence-corrected chi connectivity index (χ2v) is 2.58. The van der Waals surface area contributed by atoms with Crippen LogP contribution in [0.2, 0.25) is 0 Å². The maximum absolute atomic E-state index is 12.6. The summed E-state index contributed by atoms with van der Waals surface area (Å²) in [5, 5.41) is 8.19. The first kappa shape index (κ1) is 11.9. The van der Waals surface area contributed by atoms with E-state index < -0.39 is 18.3 Å². The number of hydrogen-bond donors (Lipinski definition) is 1. The van der Waals surface area contributed by atoms with Crippen LogP contribution < -0.4 is 0 Å². The molecule has 13 heavy (non-hydrogen) atoms. The molecule has 0 heterocycles. The molecule has 0 saturated carbocycles. The average molecular weight is 192 g/mol. The zero-order valence-electron chi connectivity index (χ0n) is 7.46. The predicted octanol–water partition coefficient (Wildman–Crippen LogP) is 1.49. The van der Waals surface area contributed by atoms with Gasteiger partial charge in [0.1, 0.15) is 0 Å². The molecular formula is C8H13FO4. The Balaban J connectivity index is 3.55. The average Bonchev–Trinajstić information content (AvgIpc) is 2.01. The summed E-state index contributed by atoms with van der Waals surface area (Å²) in [5.74, 6) is -1.73. The van der Waals surface area contributed by atoms with Gasteiger partial charge in [-0.3, -0.25) is 9.59 Å². The van der Waals surface area contributed by atoms with Crippen molar-refractivity contribution in [3.63, 3.8) is 0 Å². The van der Waals surface area contributed by atoms with Gasteiger partial charge in [0.2, 0.25) is 6.36 Å². The summed E-state index contributed by atoms with van der Waals surface area (Å²) in [6.45, 7) is 1.77. The summed E-state index contributed by atoms with van der Waals surface area (Å²) >= 11 is 0. The molecule has 0 saturated heterocycles. The standard InChI is InChI=1S/C8H13FO4/c1-2-3-8(12)13-6(9)4-5-7(10)11/h6H,2-5H2,1H3,(H,10,11). The van der Waals surface area contributed by atoms with E-state index >= 15 is 0 Å². The third-order valence-corrected chi connectivity index (χ3v) is 1.30. The molecule has 5 heteroatoms. The molecule has 0 bridgehead atoms. The van der Waals surface area contributed by atoms with Gasteiger partial charge in [-0.2, -0.15) is 0 Å². The molecule has 1 atom stereocenters. The van der Waals surface area contributed by atoms with Gasteiger partial charge in [0.25, 0.3) is 0 Å². The van der Waals surface area contributed by atoms with E-state index in [4.69, 9.17) is 5.11 Å². The van der Waals surface area contributed by atoms with Crippen molar-refractivity contribution in [1.82, 2.24) is 0 Å². The Hall–Kier alpha value is -1.13. The Bertz CT molecular complexity index is 181. The van der Waals surface area contributed by atoms with E-state index in [9.17, 15) is 14.0 Å². The van der Waals surface area contributed by atoms with Crippen molar-refractivity contribution in [3.8, 4) is 0 Å². The topological polar surface area (TPSA) is 63.6 Å².